The molecule has 2 aromatic rings. The van der Waals surface area contributed by atoms with Crippen LogP contribution in [0.5, 0.6) is 0 Å². The van der Waals surface area contributed by atoms with Gasteiger partial charge in [0.1, 0.15) is 5.69 Å². The van der Waals surface area contributed by atoms with E-state index in [1.54, 1.807) is 47.8 Å². The minimum atomic E-state index is -1.13. The number of carbonyl (C=O) groups is 3. The Hall–Kier alpha value is -3.16. The van der Waals surface area contributed by atoms with Crippen LogP contribution < -0.4 is 10.6 Å². The summed E-state index contributed by atoms with van der Waals surface area (Å²) in [6.45, 7) is 1.04. The lowest BCUT2D eigenvalue weighted by Crippen LogP contribution is -2.54. The molecule has 0 bridgehead atoms. The normalized spacial score (nSPS) is 23.6. The zero-order chi connectivity index (χ0) is 18.1. The number of aromatic amines is 1. The van der Waals surface area contributed by atoms with Gasteiger partial charge in [0.05, 0.1) is 0 Å². The van der Waals surface area contributed by atoms with Gasteiger partial charge in [-0.3, -0.25) is 19.9 Å². The monoisotopic (exact) mass is 353 g/mol. The number of nitrogens with zero attached hydrogens (tertiary/aromatic N) is 2. The van der Waals surface area contributed by atoms with E-state index in [0.29, 0.717) is 37.2 Å². The van der Waals surface area contributed by atoms with E-state index in [4.69, 9.17) is 0 Å². The first-order valence-corrected chi connectivity index (χ1v) is 8.58. The molecule has 0 aromatic carbocycles. The summed E-state index contributed by atoms with van der Waals surface area (Å²) < 4.78 is 0. The van der Waals surface area contributed by atoms with Crippen LogP contribution in [0.1, 0.15) is 28.9 Å². The van der Waals surface area contributed by atoms with Crippen molar-refractivity contribution < 1.29 is 14.4 Å². The molecule has 0 unspecified atom stereocenters. The van der Waals surface area contributed by atoms with Gasteiger partial charge < -0.3 is 15.2 Å². The van der Waals surface area contributed by atoms with Gasteiger partial charge in [-0.1, -0.05) is 6.07 Å². The van der Waals surface area contributed by atoms with Crippen LogP contribution in [0.25, 0.3) is 0 Å². The molecule has 2 aromatic heterocycles. The van der Waals surface area contributed by atoms with Gasteiger partial charge in [0.15, 0.2) is 5.54 Å². The summed E-state index contributed by atoms with van der Waals surface area (Å²) in [6, 6.07) is 6.59. The summed E-state index contributed by atoms with van der Waals surface area (Å²) in [4.78, 5) is 45.9. The van der Waals surface area contributed by atoms with Crippen molar-refractivity contribution in [1.29, 1.82) is 0 Å². The Morgan fingerprint density at radius 3 is 2.58 bits per heavy atom. The summed E-state index contributed by atoms with van der Waals surface area (Å²) in [5, 5.41) is 5.18. The number of amides is 4. The molecule has 0 aliphatic carbocycles. The first-order valence-electron chi connectivity index (χ1n) is 8.58. The average Bonchev–Trinajstić information content (AvgIpc) is 3.30. The number of nitrogens with one attached hydrogen (secondary N) is 3. The second kappa shape index (κ2) is 6.29. The molecule has 26 heavy (non-hydrogen) atoms. The third kappa shape index (κ3) is 2.54. The van der Waals surface area contributed by atoms with Crippen LogP contribution in [0.2, 0.25) is 0 Å². The molecule has 134 valence electrons. The van der Waals surface area contributed by atoms with E-state index in [2.05, 4.69) is 20.6 Å². The van der Waals surface area contributed by atoms with E-state index >= 15 is 0 Å². The molecular formula is C18H19N5O3. The van der Waals surface area contributed by atoms with Crippen LogP contribution in [-0.2, 0) is 10.3 Å². The minimum absolute atomic E-state index is 0.0520. The Labute approximate surface area is 150 Å². The van der Waals surface area contributed by atoms with Crippen LogP contribution in [0.4, 0.5) is 4.79 Å². The second-order valence-corrected chi connectivity index (χ2v) is 6.61. The number of H-pyrrole nitrogens is 1. The van der Waals surface area contributed by atoms with Crippen molar-refractivity contribution in [2.75, 3.05) is 13.1 Å². The predicted molar refractivity (Wildman–Crippen MR) is 92.0 cm³/mol. The summed E-state index contributed by atoms with van der Waals surface area (Å²) in [6.07, 6.45) is 6.17. The van der Waals surface area contributed by atoms with Crippen LogP contribution in [0, 0.1) is 5.92 Å². The molecule has 2 saturated heterocycles. The maximum Gasteiger partial charge on any atom is 0.322 e. The van der Waals surface area contributed by atoms with Gasteiger partial charge in [-0.15, -0.1) is 0 Å². The Morgan fingerprint density at radius 1 is 1.19 bits per heavy atom. The minimum Gasteiger partial charge on any atom is -0.357 e. The fraction of sp³-hybridized carbons (Fsp3) is 0.333. The molecule has 8 heteroatoms. The molecule has 2 aliphatic rings. The molecule has 4 amide bonds. The first kappa shape index (κ1) is 16.3. The zero-order valence-corrected chi connectivity index (χ0v) is 14.1. The van der Waals surface area contributed by atoms with Crippen molar-refractivity contribution in [2.45, 2.75) is 18.4 Å². The molecule has 4 heterocycles. The predicted octanol–water partition coefficient (Wildman–Crippen LogP) is 0.997. The molecule has 8 nitrogen and oxygen atoms in total. The molecular weight excluding hydrogens is 334 g/mol. The maximum atomic E-state index is 12.7. The van der Waals surface area contributed by atoms with E-state index < -0.39 is 11.6 Å². The van der Waals surface area contributed by atoms with Crippen LogP contribution in [0.3, 0.4) is 0 Å². The summed E-state index contributed by atoms with van der Waals surface area (Å²) >= 11 is 0. The Kier molecular flexibility index (Phi) is 3.95. The molecule has 2 aliphatic heterocycles. The lowest BCUT2D eigenvalue weighted by Gasteiger charge is -2.40. The quantitative estimate of drug-likeness (QED) is 0.716. The largest absolute Gasteiger partial charge is 0.357 e. The Bertz CT molecular complexity index is 828. The molecule has 0 spiro atoms. The number of rotatable bonds is 3. The number of piperidine rings is 1. The lowest BCUT2D eigenvalue weighted by atomic mass is 9.73. The Balaban J connectivity index is 1.57. The highest BCUT2D eigenvalue weighted by molar-refractivity contribution is 6.07. The molecule has 1 atom stereocenters. The third-order valence-corrected chi connectivity index (χ3v) is 5.24. The molecule has 4 rings (SSSR count). The highest BCUT2D eigenvalue weighted by Crippen LogP contribution is 2.38. The van der Waals surface area contributed by atoms with Crippen LogP contribution >= 0.6 is 0 Å². The summed E-state index contributed by atoms with van der Waals surface area (Å²) in [7, 11) is 0. The van der Waals surface area contributed by atoms with Gasteiger partial charge in [-0.2, -0.15) is 0 Å². The van der Waals surface area contributed by atoms with Crippen LogP contribution in [-0.4, -0.2) is 45.8 Å². The highest BCUT2D eigenvalue weighted by Gasteiger charge is 2.53. The molecule has 3 N–H and O–H groups in total. The van der Waals surface area contributed by atoms with E-state index in [0.717, 1.165) is 0 Å². The van der Waals surface area contributed by atoms with Gasteiger partial charge in [0, 0.05) is 37.2 Å². The van der Waals surface area contributed by atoms with Crippen molar-refractivity contribution in [3.63, 3.8) is 0 Å². The fourth-order valence-corrected chi connectivity index (χ4v) is 3.94. The van der Waals surface area contributed by atoms with Gasteiger partial charge >= 0.3 is 6.03 Å². The summed E-state index contributed by atoms with van der Waals surface area (Å²) in [5.41, 5.74) is 0.0854. The van der Waals surface area contributed by atoms with Crippen LogP contribution in [0.15, 0.2) is 42.9 Å². The standard InChI is InChI=1S/C18H19N5O3/c24-15(14-4-2-8-20-14)23-9-5-12(6-10-23)18(13-3-1-7-19-11-13)16(25)21-17(26)22-18/h1-4,7-8,11-12,20H,5-6,9-10H2,(H2,21,22,25,26)/t18-/m0/s1. The molecule has 0 saturated carbocycles. The fourth-order valence-electron chi connectivity index (χ4n) is 3.94. The topological polar surface area (TPSA) is 107 Å². The van der Waals surface area contributed by atoms with Crippen molar-refractivity contribution in [2.24, 2.45) is 5.92 Å². The average molecular weight is 353 g/mol. The van der Waals surface area contributed by atoms with E-state index in [1.807, 2.05) is 0 Å². The van der Waals surface area contributed by atoms with E-state index in [1.165, 1.54) is 0 Å². The number of hydrogen-bond acceptors (Lipinski definition) is 4. The zero-order valence-electron chi connectivity index (χ0n) is 14.1. The van der Waals surface area contributed by atoms with Gasteiger partial charge in [-0.05, 0) is 37.0 Å². The number of carbonyl (C=O) groups excluding carboxylic acids is 3. The second-order valence-electron chi connectivity index (χ2n) is 6.61. The number of pyridine rings is 1. The number of imide groups is 1. The van der Waals surface area contributed by atoms with Crippen molar-refractivity contribution >= 4 is 17.8 Å². The van der Waals surface area contributed by atoms with E-state index in [9.17, 15) is 14.4 Å². The molecule has 0 radical (unpaired) electrons. The SMILES string of the molecule is O=C1NC(=O)[C@@](c2cccnc2)(C2CCN(C(=O)c3ccc[nH]3)CC2)N1. The number of aromatic nitrogens is 2. The van der Waals surface area contributed by atoms with Gasteiger partial charge in [0.25, 0.3) is 11.8 Å². The van der Waals surface area contributed by atoms with Crippen molar-refractivity contribution in [3.8, 4) is 0 Å². The van der Waals surface area contributed by atoms with Gasteiger partial charge in [-0.25, -0.2) is 4.79 Å². The van der Waals surface area contributed by atoms with Crippen molar-refractivity contribution in [1.82, 2.24) is 25.5 Å². The smallest absolute Gasteiger partial charge is 0.322 e. The first-order chi connectivity index (χ1) is 12.6. The number of urea groups is 1. The molecule has 2 fully saturated rings. The number of hydrogen-bond donors (Lipinski definition) is 3. The number of likely N-dealkylation sites (tertiary alicyclic amines) is 1. The lowest BCUT2D eigenvalue weighted by molar-refractivity contribution is -0.127. The Morgan fingerprint density at radius 2 is 2.00 bits per heavy atom. The van der Waals surface area contributed by atoms with Gasteiger partial charge in [0.2, 0.25) is 0 Å². The third-order valence-electron chi connectivity index (χ3n) is 5.24. The summed E-state index contributed by atoms with van der Waals surface area (Å²) in [5.74, 6) is -0.528. The highest BCUT2D eigenvalue weighted by atomic mass is 16.2. The van der Waals surface area contributed by atoms with E-state index in [-0.39, 0.29) is 17.7 Å². The van der Waals surface area contributed by atoms with Crippen molar-refractivity contribution in [3.05, 3.63) is 54.1 Å². The maximum absolute atomic E-state index is 12.7.